The van der Waals surface area contributed by atoms with Crippen LogP contribution in [0.25, 0.3) is 10.9 Å². The number of nitrogens with zero attached hydrogens (tertiary/aromatic N) is 4. The highest BCUT2D eigenvalue weighted by atomic mass is 35.5. The van der Waals surface area contributed by atoms with Crippen LogP contribution in [-0.4, -0.2) is 20.3 Å². The molecule has 0 bridgehead atoms. The Bertz CT molecular complexity index is 1160. The van der Waals surface area contributed by atoms with Gasteiger partial charge in [0.1, 0.15) is 5.82 Å². The highest BCUT2D eigenvalue weighted by Crippen LogP contribution is 2.30. The normalized spacial score (nSPS) is 14.1. The SMILES string of the molecule is Cn1c(=O)cc(N/N=C/c2ccnc3ccc(Cl)cc23)n(CC2CC2)c1=O. The molecule has 0 radical (unpaired) electrons. The highest BCUT2D eigenvalue weighted by Gasteiger charge is 2.24. The van der Waals surface area contributed by atoms with Gasteiger partial charge in [0, 0.05) is 41.8 Å². The lowest BCUT2D eigenvalue weighted by molar-refractivity contribution is 0.564. The molecule has 1 aliphatic rings. The molecular formula is C19H18ClN5O2. The topological polar surface area (TPSA) is 81.3 Å². The summed E-state index contributed by atoms with van der Waals surface area (Å²) in [6.45, 7) is 0.582. The zero-order valence-electron chi connectivity index (χ0n) is 14.7. The Balaban J connectivity index is 1.67. The number of anilines is 1. The molecule has 0 aliphatic heterocycles. The maximum absolute atomic E-state index is 12.4. The van der Waals surface area contributed by atoms with Crippen LogP contribution in [0.5, 0.6) is 0 Å². The summed E-state index contributed by atoms with van der Waals surface area (Å²) in [6, 6.07) is 8.67. The standard InChI is InChI=1S/C19H18ClN5O2/c1-24-18(26)9-17(25(19(24)27)11-12-2-3-12)23-22-10-13-6-7-21-16-5-4-14(20)8-15(13)16/h4-10,12,23H,2-3,11H2,1H3/b22-10+. The predicted molar refractivity (Wildman–Crippen MR) is 107 cm³/mol. The minimum atomic E-state index is -0.370. The number of hydrazone groups is 1. The molecule has 2 heterocycles. The number of pyridine rings is 1. The number of hydrogen-bond acceptors (Lipinski definition) is 5. The first-order valence-electron chi connectivity index (χ1n) is 8.67. The molecule has 0 saturated heterocycles. The summed E-state index contributed by atoms with van der Waals surface area (Å²) in [5, 5.41) is 5.72. The van der Waals surface area contributed by atoms with Crippen LogP contribution >= 0.6 is 11.6 Å². The summed E-state index contributed by atoms with van der Waals surface area (Å²) < 4.78 is 2.67. The molecule has 0 amide bonds. The Morgan fingerprint density at radius 2 is 2.11 bits per heavy atom. The van der Waals surface area contributed by atoms with Gasteiger partial charge in [0.15, 0.2) is 0 Å². The van der Waals surface area contributed by atoms with E-state index >= 15 is 0 Å². The maximum Gasteiger partial charge on any atom is 0.332 e. The van der Waals surface area contributed by atoms with Crippen LogP contribution in [-0.2, 0) is 13.6 Å². The molecule has 0 spiro atoms. The Morgan fingerprint density at radius 1 is 1.30 bits per heavy atom. The molecule has 138 valence electrons. The fraction of sp³-hybridized carbons (Fsp3) is 0.263. The lowest BCUT2D eigenvalue weighted by atomic mass is 10.1. The van der Waals surface area contributed by atoms with Gasteiger partial charge >= 0.3 is 5.69 Å². The van der Waals surface area contributed by atoms with E-state index < -0.39 is 0 Å². The molecule has 1 N–H and O–H groups in total. The Labute approximate surface area is 159 Å². The van der Waals surface area contributed by atoms with Crippen LogP contribution in [0.4, 0.5) is 5.82 Å². The molecule has 0 unspecified atom stereocenters. The lowest BCUT2D eigenvalue weighted by Crippen LogP contribution is -2.38. The van der Waals surface area contributed by atoms with E-state index in [1.807, 2.05) is 18.2 Å². The second kappa shape index (κ2) is 7.00. The van der Waals surface area contributed by atoms with Gasteiger partial charge in [0.2, 0.25) is 0 Å². The molecule has 0 atom stereocenters. The maximum atomic E-state index is 12.4. The summed E-state index contributed by atoms with van der Waals surface area (Å²) in [6.07, 6.45) is 5.52. The van der Waals surface area contributed by atoms with Crippen molar-refractivity contribution in [3.8, 4) is 0 Å². The number of fused-ring (bicyclic) bond motifs is 1. The average molecular weight is 384 g/mol. The predicted octanol–water partition coefficient (Wildman–Crippen LogP) is 2.60. The largest absolute Gasteiger partial charge is 0.332 e. The van der Waals surface area contributed by atoms with Crippen LogP contribution in [0.15, 0.2) is 51.2 Å². The van der Waals surface area contributed by atoms with Crippen LogP contribution < -0.4 is 16.7 Å². The molecule has 1 saturated carbocycles. The van der Waals surface area contributed by atoms with E-state index in [9.17, 15) is 9.59 Å². The van der Waals surface area contributed by atoms with E-state index in [0.29, 0.717) is 23.3 Å². The molecule has 2 aromatic heterocycles. The van der Waals surface area contributed by atoms with Crippen LogP contribution in [0.3, 0.4) is 0 Å². The van der Waals surface area contributed by atoms with Crippen molar-refractivity contribution in [2.75, 3.05) is 5.43 Å². The van der Waals surface area contributed by atoms with Crippen molar-refractivity contribution in [1.29, 1.82) is 0 Å². The molecule has 1 aromatic carbocycles. The first kappa shape index (κ1) is 17.5. The summed E-state index contributed by atoms with van der Waals surface area (Å²) in [4.78, 5) is 28.7. The van der Waals surface area contributed by atoms with Gasteiger partial charge in [-0.1, -0.05) is 11.6 Å². The Morgan fingerprint density at radius 3 is 2.89 bits per heavy atom. The number of rotatable bonds is 5. The van der Waals surface area contributed by atoms with E-state index in [0.717, 1.165) is 33.9 Å². The molecule has 1 fully saturated rings. The average Bonchev–Trinajstić information content (AvgIpc) is 3.47. The summed E-state index contributed by atoms with van der Waals surface area (Å²) in [5.74, 6) is 0.874. The number of hydrogen-bond donors (Lipinski definition) is 1. The van der Waals surface area contributed by atoms with Gasteiger partial charge in [-0.2, -0.15) is 5.10 Å². The van der Waals surface area contributed by atoms with E-state index in [1.165, 1.54) is 13.1 Å². The van der Waals surface area contributed by atoms with Gasteiger partial charge in [-0.05, 0) is 43.0 Å². The van der Waals surface area contributed by atoms with Gasteiger partial charge in [0.05, 0.1) is 11.7 Å². The second-order valence-corrected chi connectivity index (χ2v) is 7.13. The van der Waals surface area contributed by atoms with Crippen LogP contribution in [0.1, 0.15) is 18.4 Å². The third kappa shape index (κ3) is 3.64. The quantitative estimate of drug-likeness (QED) is 0.542. The molecule has 4 rings (SSSR count). The van der Waals surface area contributed by atoms with Gasteiger partial charge < -0.3 is 0 Å². The van der Waals surface area contributed by atoms with Gasteiger partial charge in [-0.3, -0.25) is 24.3 Å². The van der Waals surface area contributed by atoms with Crippen molar-refractivity contribution in [2.45, 2.75) is 19.4 Å². The molecule has 3 aromatic rings. The molecule has 1 aliphatic carbocycles. The molecule has 27 heavy (non-hydrogen) atoms. The van der Waals surface area contributed by atoms with Crippen molar-refractivity contribution in [1.82, 2.24) is 14.1 Å². The van der Waals surface area contributed by atoms with Crippen molar-refractivity contribution in [3.63, 3.8) is 0 Å². The molecular weight excluding hydrogens is 366 g/mol. The first-order chi connectivity index (χ1) is 13.0. The number of benzene rings is 1. The molecule has 8 heteroatoms. The van der Waals surface area contributed by atoms with Crippen molar-refractivity contribution < 1.29 is 0 Å². The fourth-order valence-corrected chi connectivity index (χ4v) is 3.09. The van der Waals surface area contributed by atoms with Crippen molar-refractivity contribution in [2.24, 2.45) is 18.1 Å². The number of aromatic nitrogens is 3. The fourth-order valence-electron chi connectivity index (χ4n) is 2.92. The summed E-state index contributed by atoms with van der Waals surface area (Å²) in [5.41, 5.74) is 3.78. The number of halogens is 1. The highest BCUT2D eigenvalue weighted by molar-refractivity contribution is 6.31. The summed E-state index contributed by atoms with van der Waals surface area (Å²) >= 11 is 6.08. The van der Waals surface area contributed by atoms with E-state index in [1.54, 1.807) is 23.0 Å². The zero-order chi connectivity index (χ0) is 19.0. The smallest absolute Gasteiger partial charge is 0.278 e. The summed E-state index contributed by atoms with van der Waals surface area (Å²) in [7, 11) is 1.48. The van der Waals surface area contributed by atoms with Crippen LogP contribution in [0.2, 0.25) is 5.02 Å². The third-order valence-corrected chi connectivity index (χ3v) is 4.89. The van der Waals surface area contributed by atoms with Gasteiger partial charge in [-0.25, -0.2) is 4.79 Å². The monoisotopic (exact) mass is 383 g/mol. The van der Waals surface area contributed by atoms with Gasteiger partial charge in [-0.15, -0.1) is 0 Å². The second-order valence-electron chi connectivity index (χ2n) is 6.70. The Hall–Kier alpha value is -2.93. The van der Waals surface area contributed by atoms with Gasteiger partial charge in [0.25, 0.3) is 5.56 Å². The van der Waals surface area contributed by atoms with Crippen molar-refractivity contribution in [3.05, 3.63) is 68.0 Å². The molecule has 7 nitrogen and oxygen atoms in total. The minimum absolute atomic E-state index is 0.340. The lowest BCUT2D eigenvalue weighted by Gasteiger charge is -2.12. The minimum Gasteiger partial charge on any atom is -0.278 e. The Kier molecular flexibility index (Phi) is 4.53. The van der Waals surface area contributed by atoms with E-state index in [4.69, 9.17) is 11.6 Å². The first-order valence-corrected chi connectivity index (χ1v) is 9.05. The third-order valence-electron chi connectivity index (χ3n) is 4.66. The zero-order valence-corrected chi connectivity index (χ0v) is 15.5. The van der Waals surface area contributed by atoms with Crippen molar-refractivity contribution >= 4 is 34.5 Å². The van der Waals surface area contributed by atoms with E-state index in [-0.39, 0.29) is 11.2 Å². The number of nitrogens with one attached hydrogen (secondary N) is 1. The van der Waals surface area contributed by atoms with E-state index in [2.05, 4.69) is 15.5 Å². The van der Waals surface area contributed by atoms with Crippen LogP contribution in [0, 0.1) is 5.92 Å².